The Hall–Kier alpha value is -0.580. The normalized spacial score (nSPS) is 17.1. The van der Waals surface area contributed by atoms with E-state index in [2.05, 4.69) is 15.9 Å². The zero-order valence-corrected chi connectivity index (χ0v) is 11.4. The highest BCUT2D eigenvalue weighted by molar-refractivity contribution is 9.10. The Kier molecular flexibility index (Phi) is 4.83. The van der Waals surface area contributed by atoms with Gasteiger partial charge in [-0.2, -0.15) is 0 Å². The monoisotopic (exact) mass is 299 g/mol. The van der Waals surface area contributed by atoms with Gasteiger partial charge in [0.1, 0.15) is 5.75 Å². The second-order valence-electron chi connectivity index (χ2n) is 4.32. The molecule has 4 heteroatoms. The van der Waals surface area contributed by atoms with E-state index in [1.54, 1.807) is 0 Å². The van der Waals surface area contributed by atoms with E-state index < -0.39 is 0 Å². The lowest BCUT2D eigenvalue weighted by atomic mass is 10.0. The van der Waals surface area contributed by atoms with Crippen LogP contribution in [-0.2, 0) is 11.3 Å². The number of ether oxygens (including phenoxy) is 2. The van der Waals surface area contributed by atoms with Crippen LogP contribution >= 0.6 is 15.9 Å². The van der Waals surface area contributed by atoms with Crippen LogP contribution in [-0.4, -0.2) is 19.8 Å². The third kappa shape index (κ3) is 3.69. The van der Waals surface area contributed by atoms with Crippen molar-refractivity contribution in [3.63, 3.8) is 0 Å². The number of nitrogens with two attached hydrogens (primary N) is 1. The van der Waals surface area contributed by atoms with E-state index in [0.29, 0.717) is 12.5 Å². The number of hydrogen-bond donors (Lipinski definition) is 1. The van der Waals surface area contributed by atoms with Crippen molar-refractivity contribution in [1.82, 2.24) is 0 Å². The lowest BCUT2D eigenvalue weighted by Gasteiger charge is -2.22. The van der Waals surface area contributed by atoms with Crippen molar-refractivity contribution in [2.24, 2.45) is 11.7 Å². The van der Waals surface area contributed by atoms with Gasteiger partial charge in [0.15, 0.2) is 0 Å². The SMILES string of the molecule is NCc1cc(Br)ccc1OCC1CCOCC1. The van der Waals surface area contributed by atoms with Gasteiger partial charge in [-0.15, -0.1) is 0 Å². The minimum atomic E-state index is 0.503. The largest absolute Gasteiger partial charge is 0.493 e. The Bertz CT molecular complexity index is 364. The molecule has 1 aromatic carbocycles. The van der Waals surface area contributed by atoms with Crippen LogP contribution in [0.1, 0.15) is 18.4 Å². The van der Waals surface area contributed by atoms with E-state index in [9.17, 15) is 0 Å². The maximum Gasteiger partial charge on any atom is 0.123 e. The van der Waals surface area contributed by atoms with Crippen molar-refractivity contribution in [2.75, 3.05) is 19.8 Å². The van der Waals surface area contributed by atoms with E-state index in [1.165, 1.54) is 0 Å². The fourth-order valence-electron chi connectivity index (χ4n) is 1.97. The Balaban J connectivity index is 1.93. The lowest BCUT2D eigenvalue weighted by Crippen LogP contribution is -2.21. The molecule has 1 saturated heterocycles. The molecule has 0 aliphatic carbocycles. The predicted molar refractivity (Wildman–Crippen MR) is 71.1 cm³/mol. The molecule has 0 unspecified atom stereocenters. The zero-order valence-electron chi connectivity index (χ0n) is 9.82. The molecule has 0 atom stereocenters. The predicted octanol–water partition coefficient (Wildman–Crippen LogP) is 2.71. The topological polar surface area (TPSA) is 44.5 Å². The molecule has 0 bridgehead atoms. The molecule has 1 aliphatic heterocycles. The molecule has 2 rings (SSSR count). The van der Waals surface area contributed by atoms with Gasteiger partial charge in [-0.25, -0.2) is 0 Å². The van der Waals surface area contributed by atoms with Gasteiger partial charge in [0.05, 0.1) is 6.61 Å². The summed E-state index contributed by atoms with van der Waals surface area (Å²) in [4.78, 5) is 0. The Morgan fingerprint density at radius 2 is 2.12 bits per heavy atom. The molecule has 17 heavy (non-hydrogen) atoms. The Morgan fingerprint density at radius 1 is 1.35 bits per heavy atom. The van der Waals surface area contributed by atoms with Crippen molar-refractivity contribution in [3.8, 4) is 5.75 Å². The van der Waals surface area contributed by atoms with Crippen LogP contribution in [0.2, 0.25) is 0 Å². The summed E-state index contributed by atoms with van der Waals surface area (Å²) < 4.78 is 12.2. The van der Waals surface area contributed by atoms with E-state index in [4.69, 9.17) is 15.2 Å². The van der Waals surface area contributed by atoms with Crippen molar-refractivity contribution in [2.45, 2.75) is 19.4 Å². The van der Waals surface area contributed by atoms with E-state index in [0.717, 1.165) is 48.4 Å². The van der Waals surface area contributed by atoms with Gasteiger partial charge in [-0.3, -0.25) is 0 Å². The summed E-state index contributed by atoms with van der Waals surface area (Å²) in [6, 6.07) is 5.98. The maximum atomic E-state index is 5.87. The molecule has 0 saturated carbocycles. The zero-order chi connectivity index (χ0) is 12.1. The third-order valence-electron chi connectivity index (χ3n) is 3.06. The smallest absolute Gasteiger partial charge is 0.123 e. The molecular formula is C13H18BrNO2. The average Bonchev–Trinajstić information content (AvgIpc) is 2.38. The second kappa shape index (κ2) is 6.38. The van der Waals surface area contributed by atoms with Gasteiger partial charge in [0, 0.05) is 29.8 Å². The standard InChI is InChI=1S/C13H18BrNO2/c14-12-1-2-13(11(7-12)8-15)17-9-10-3-5-16-6-4-10/h1-2,7,10H,3-6,8-9,15H2. The average molecular weight is 300 g/mol. The molecule has 0 aromatic heterocycles. The molecular weight excluding hydrogens is 282 g/mol. The van der Waals surface area contributed by atoms with Gasteiger partial charge in [0.2, 0.25) is 0 Å². The molecule has 0 amide bonds. The summed E-state index contributed by atoms with van der Waals surface area (Å²) in [7, 11) is 0. The van der Waals surface area contributed by atoms with E-state index in [-0.39, 0.29) is 0 Å². The van der Waals surface area contributed by atoms with Crippen molar-refractivity contribution >= 4 is 15.9 Å². The van der Waals surface area contributed by atoms with Crippen LogP contribution < -0.4 is 10.5 Å². The first-order valence-corrected chi connectivity index (χ1v) is 6.78. The van der Waals surface area contributed by atoms with Gasteiger partial charge >= 0.3 is 0 Å². The van der Waals surface area contributed by atoms with Gasteiger partial charge < -0.3 is 15.2 Å². The fraction of sp³-hybridized carbons (Fsp3) is 0.538. The highest BCUT2D eigenvalue weighted by Crippen LogP contribution is 2.24. The van der Waals surface area contributed by atoms with Crippen molar-refractivity contribution in [1.29, 1.82) is 0 Å². The van der Waals surface area contributed by atoms with Crippen molar-refractivity contribution < 1.29 is 9.47 Å². The molecule has 3 nitrogen and oxygen atoms in total. The van der Waals surface area contributed by atoms with Crippen LogP contribution in [0.3, 0.4) is 0 Å². The van der Waals surface area contributed by atoms with Crippen LogP contribution in [0.5, 0.6) is 5.75 Å². The highest BCUT2D eigenvalue weighted by atomic mass is 79.9. The lowest BCUT2D eigenvalue weighted by molar-refractivity contribution is 0.0496. The first kappa shape index (κ1) is 12.9. The fourth-order valence-corrected chi connectivity index (χ4v) is 2.38. The molecule has 1 fully saturated rings. The molecule has 2 N–H and O–H groups in total. The molecule has 94 valence electrons. The second-order valence-corrected chi connectivity index (χ2v) is 5.24. The summed E-state index contributed by atoms with van der Waals surface area (Å²) >= 11 is 3.44. The van der Waals surface area contributed by atoms with Gasteiger partial charge in [-0.05, 0) is 37.0 Å². The summed E-state index contributed by atoms with van der Waals surface area (Å²) in [5.74, 6) is 1.51. The van der Waals surface area contributed by atoms with Gasteiger partial charge in [0.25, 0.3) is 0 Å². The quantitative estimate of drug-likeness (QED) is 0.930. The van der Waals surface area contributed by atoms with E-state index in [1.807, 2.05) is 18.2 Å². The first-order chi connectivity index (χ1) is 8.29. The number of rotatable bonds is 4. The first-order valence-electron chi connectivity index (χ1n) is 5.98. The maximum absolute atomic E-state index is 5.87. The minimum Gasteiger partial charge on any atom is -0.493 e. The molecule has 1 heterocycles. The molecule has 1 aromatic rings. The Morgan fingerprint density at radius 3 is 2.82 bits per heavy atom. The summed E-state index contributed by atoms with van der Waals surface area (Å²) in [6.45, 7) is 2.98. The summed E-state index contributed by atoms with van der Waals surface area (Å²) in [5, 5.41) is 0. The number of hydrogen-bond acceptors (Lipinski definition) is 3. The van der Waals surface area contributed by atoms with Crippen LogP contribution in [0.4, 0.5) is 0 Å². The number of halogens is 1. The van der Waals surface area contributed by atoms with Crippen molar-refractivity contribution in [3.05, 3.63) is 28.2 Å². The summed E-state index contributed by atoms with van der Waals surface area (Å²) in [6.07, 6.45) is 2.18. The van der Waals surface area contributed by atoms with Crippen LogP contribution in [0.25, 0.3) is 0 Å². The third-order valence-corrected chi connectivity index (χ3v) is 3.55. The highest BCUT2D eigenvalue weighted by Gasteiger charge is 2.15. The minimum absolute atomic E-state index is 0.503. The number of benzene rings is 1. The van der Waals surface area contributed by atoms with Crippen LogP contribution in [0.15, 0.2) is 22.7 Å². The molecule has 1 aliphatic rings. The molecule has 0 spiro atoms. The van der Waals surface area contributed by atoms with Gasteiger partial charge in [-0.1, -0.05) is 15.9 Å². The summed E-state index contributed by atoms with van der Waals surface area (Å²) in [5.41, 5.74) is 6.76. The van der Waals surface area contributed by atoms with E-state index >= 15 is 0 Å². The molecule has 0 radical (unpaired) electrons. The van der Waals surface area contributed by atoms with Crippen LogP contribution in [0, 0.1) is 5.92 Å². The Labute approximate surface area is 110 Å².